The molecule has 70 valence electrons. The predicted octanol–water partition coefficient (Wildman–Crippen LogP) is -0.393. The molecule has 0 radical (unpaired) electrons. The molecule has 0 aromatic heterocycles. The maximum Gasteiger partial charge on any atom is 0.360 e. The van der Waals surface area contributed by atoms with Crippen LogP contribution >= 0.6 is 0 Å². The molecular weight excluding hydrogens is 164 g/mol. The quantitative estimate of drug-likeness (QED) is 0.190. The summed E-state index contributed by atoms with van der Waals surface area (Å²) in [5.74, 6) is 5.63. The highest BCUT2D eigenvalue weighted by atomic mass is 15.3. The van der Waals surface area contributed by atoms with Crippen molar-refractivity contribution in [3.63, 3.8) is 0 Å². The predicted molar refractivity (Wildman–Crippen MR) is 52.8 cm³/mol. The van der Waals surface area contributed by atoms with Crippen LogP contribution in [0.1, 0.15) is 5.56 Å². The van der Waals surface area contributed by atoms with E-state index in [1.54, 1.807) is 0 Å². The molecule has 0 heterocycles. The molecule has 1 aromatic rings. The molecule has 0 bridgehead atoms. The molecule has 0 saturated carbocycles. The normalized spacial score (nSPS) is 12.2. The van der Waals surface area contributed by atoms with Crippen LogP contribution in [-0.2, 0) is 6.54 Å². The minimum absolute atomic E-state index is 0.462. The van der Waals surface area contributed by atoms with Crippen molar-refractivity contribution < 1.29 is 4.58 Å². The smallest absolute Gasteiger partial charge is 0.289 e. The molecule has 13 heavy (non-hydrogen) atoms. The van der Waals surface area contributed by atoms with Gasteiger partial charge in [-0.05, 0) is 5.56 Å². The number of guanidine groups is 1. The Kier molecular flexibility index (Phi) is 3.28. The molecule has 0 aliphatic rings. The Bertz CT molecular complexity index is 292. The lowest BCUT2D eigenvalue weighted by Crippen LogP contribution is -2.43. The van der Waals surface area contributed by atoms with Gasteiger partial charge in [0.05, 0.1) is 13.6 Å². The average Bonchev–Trinajstić information content (AvgIpc) is 2.18. The second-order valence-electron chi connectivity index (χ2n) is 2.87. The first-order valence-electron chi connectivity index (χ1n) is 4.08. The summed E-state index contributed by atoms with van der Waals surface area (Å²) in [7, 11) is 1.88. The van der Waals surface area contributed by atoms with E-state index in [0.29, 0.717) is 5.96 Å². The Hall–Kier alpha value is -1.55. The maximum atomic E-state index is 5.57. The molecule has 4 heteroatoms. The van der Waals surface area contributed by atoms with Gasteiger partial charge in [0, 0.05) is 0 Å². The van der Waals surface area contributed by atoms with Crippen molar-refractivity contribution in [1.82, 2.24) is 5.43 Å². The zero-order valence-electron chi connectivity index (χ0n) is 7.70. The zero-order chi connectivity index (χ0) is 9.68. The first-order valence-corrected chi connectivity index (χ1v) is 4.08. The molecular formula is C9H15N4+. The van der Waals surface area contributed by atoms with Crippen LogP contribution in [-0.4, -0.2) is 17.6 Å². The first kappa shape index (κ1) is 9.54. The highest BCUT2D eigenvalue weighted by molar-refractivity contribution is 5.71. The van der Waals surface area contributed by atoms with E-state index in [-0.39, 0.29) is 0 Å². The largest absolute Gasteiger partial charge is 0.360 e. The fraction of sp³-hybridized carbons (Fsp3) is 0.222. The summed E-state index contributed by atoms with van der Waals surface area (Å²) in [4.78, 5) is 0. The van der Waals surface area contributed by atoms with Crippen molar-refractivity contribution in [1.29, 1.82) is 0 Å². The fourth-order valence-electron chi connectivity index (χ4n) is 1.05. The first-order chi connectivity index (χ1) is 6.24. The van der Waals surface area contributed by atoms with Crippen LogP contribution in [0, 0.1) is 0 Å². The van der Waals surface area contributed by atoms with Crippen molar-refractivity contribution in [2.75, 3.05) is 7.05 Å². The van der Waals surface area contributed by atoms with Crippen LogP contribution < -0.4 is 17.0 Å². The van der Waals surface area contributed by atoms with Crippen LogP contribution in [0.3, 0.4) is 0 Å². The summed E-state index contributed by atoms with van der Waals surface area (Å²) in [5.41, 5.74) is 9.17. The number of rotatable bonds is 2. The standard InChI is InChI=1S/C9H14N4/c1-13(9(10)12-11)7-8-5-3-2-4-6-8/h2-6H,7,11H2,1H3,(H2,10,12)/p+1. The Labute approximate surface area is 77.8 Å². The maximum absolute atomic E-state index is 5.57. The number of nitrogens with two attached hydrogens (primary N) is 2. The molecule has 0 aliphatic heterocycles. The van der Waals surface area contributed by atoms with Gasteiger partial charge in [0.1, 0.15) is 0 Å². The molecule has 0 aliphatic carbocycles. The summed E-state index contributed by atoms with van der Waals surface area (Å²) in [6.45, 7) is 0.747. The summed E-state index contributed by atoms with van der Waals surface area (Å²) < 4.78 is 1.84. The summed E-state index contributed by atoms with van der Waals surface area (Å²) >= 11 is 0. The van der Waals surface area contributed by atoms with E-state index in [4.69, 9.17) is 11.6 Å². The van der Waals surface area contributed by atoms with E-state index < -0.39 is 0 Å². The second kappa shape index (κ2) is 4.47. The van der Waals surface area contributed by atoms with Crippen LogP contribution in [0.25, 0.3) is 0 Å². The second-order valence-corrected chi connectivity index (χ2v) is 2.87. The number of hydrogen-bond acceptors (Lipinski definition) is 1. The fourth-order valence-corrected chi connectivity index (χ4v) is 1.05. The van der Waals surface area contributed by atoms with Gasteiger partial charge in [-0.3, -0.25) is 10.3 Å². The van der Waals surface area contributed by atoms with Gasteiger partial charge < -0.3 is 0 Å². The molecule has 5 N–H and O–H groups in total. The van der Waals surface area contributed by atoms with Crippen LogP contribution in [0.4, 0.5) is 0 Å². The van der Waals surface area contributed by atoms with Crippen LogP contribution in [0.2, 0.25) is 0 Å². The molecule has 0 amide bonds. The van der Waals surface area contributed by atoms with Gasteiger partial charge in [-0.2, -0.15) is 5.84 Å². The lowest BCUT2D eigenvalue weighted by Gasteiger charge is -2.03. The number of hydrogen-bond donors (Lipinski definition) is 3. The van der Waals surface area contributed by atoms with E-state index in [0.717, 1.165) is 6.54 Å². The van der Waals surface area contributed by atoms with E-state index in [1.165, 1.54) is 5.56 Å². The summed E-state index contributed by atoms with van der Waals surface area (Å²) in [6, 6.07) is 10.1. The average molecular weight is 179 g/mol. The van der Waals surface area contributed by atoms with Crippen molar-refractivity contribution in [3.05, 3.63) is 35.9 Å². The molecule has 0 fully saturated rings. The molecule has 4 nitrogen and oxygen atoms in total. The molecule has 1 aromatic carbocycles. The highest BCUT2D eigenvalue weighted by Gasteiger charge is 2.01. The van der Waals surface area contributed by atoms with Gasteiger partial charge in [0.2, 0.25) is 0 Å². The number of nitrogens with zero attached hydrogens (tertiary/aromatic N) is 1. The molecule has 0 spiro atoms. The lowest BCUT2D eigenvalue weighted by molar-refractivity contribution is -0.517. The van der Waals surface area contributed by atoms with Gasteiger partial charge in [-0.15, -0.1) is 0 Å². The van der Waals surface area contributed by atoms with Crippen molar-refractivity contribution >= 4 is 5.96 Å². The zero-order valence-corrected chi connectivity index (χ0v) is 7.70. The summed E-state index contributed by atoms with van der Waals surface area (Å²) in [6.07, 6.45) is 0. The van der Waals surface area contributed by atoms with Gasteiger partial charge in [0.15, 0.2) is 0 Å². The van der Waals surface area contributed by atoms with Crippen LogP contribution in [0.5, 0.6) is 0 Å². The van der Waals surface area contributed by atoms with Gasteiger partial charge >= 0.3 is 5.96 Å². The minimum atomic E-state index is 0.462. The van der Waals surface area contributed by atoms with Gasteiger partial charge in [0.25, 0.3) is 0 Å². The Morgan fingerprint density at radius 3 is 2.54 bits per heavy atom. The molecule has 0 unspecified atom stereocenters. The Morgan fingerprint density at radius 2 is 2.00 bits per heavy atom. The molecule has 0 atom stereocenters. The number of nitrogens with one attached hydrogen (secondary N) is 1. The van der Waals surface area contributed by atoms with E-state index in [1.807, 2.05) is 42.0 Å². The lowest BCUT2D eigenvalue weighted by atomic mass is 10.2. The minimum Gasteiger partial charge on any atom is -0.289 e. The monoisotopic (exact) mass is 179 g/mol. The summed E-state index contributed by atoms with van der Waals surface area (Å²) in [5, 5.41) is 0. The van der Waals surface area contributed by atoms with Crippen molar-refractivity contribution in [3.8, 4) is 0 Å². The number of benzene rings is 1. The number of hydrazine groups is 1. The van der Waals surface area contributed by atoms with Crippen molar-refractivity contribution in [2.45, 2.75) is 6.54 Å². The third kappa shape index (κ3) is 2.76. The van der Waals surface area contributed by atoms with E-state index in [2.05, 4.69) is 5.43 Å². The molecule has 0 saturated heterocycles. The third-order valence-corrected chi connectivity index (χ3v) is 1.82. The Balaban J connectivity index is 2.70. The van der Waals surface area contributed by atoms with Crippen molar-refractivity contribution in [2.24, 2.45) is 11.6 Å². The van der Waals surface area contributed by atoms with E-state index in [9.17, 15) is 0 Å². The Morgan fingerprint density at radius 1 is 1.38 bits per heavy atom. The van der Waals surface area contributed by atoms with Gasteiger partial charge in [-0.1, -0.05) is 30.3 Å². The third-order valence-electron chi connectivity index (χ3n) is 1.82. The van der Waals surface area contributed by atoms with Crippen LogP contribution in [0.15, 0.2) is 30.3 Å². The molecule has 1 rings (SSSR count). The van der Waals surface area contributed by atoms with E-state index >= 15 is 0 Å². The topological polar surface area (TPSA) is 67.1 Å². The van der Waals surface area contributed by atoms with Gasteiger partial charge in [-0.25, -0.2) is 5.43 Å². The highest BCUT2D eigenvalue weighted by Crippen LogP contribution is 1.98. The SMILES string of the molecule is C[N+](Cc1ccccc1)=C(N)NN.